The fourth-order valence-corrected chi connectivity index (χ4v) is 4.35. The van der Waals surface area contributed by atoms with Crippen LogP contribution >= 0.6 is 0 Å². The zero-order valence-corrected chi connectivity index (χ0v) is 19.7. The molecule has 1 aliphatic heterocycles. The highest BCUT2D eigenvalue weighted by molar-refractivity contribution is 5.70. The number of carboxylic acids is 3. The van der Waals surface area contributed by atoms with Crippen LogP contribution in [0.2, 0.25) is 0 Å². The SMILES string of the molecule is O=Nc1ccc(CC2CN(CC(=O)O)Cc3cccc(n3)CN(CC(=O)O)CCN2CC(=O)O)cc1. The van der Waals surface area contributed by atoms with Gasteiger partial charge in [0, 0.05) is 38.8 Å². The predicted octanol–water partition coefficient (Wildman–Crippen LogP) is 1.26. The van der Waals surface area contributed by atoms with Crippen LogP contribution in [-0.4, -0.2) is 98.2 Å². The molecule has 0 radical (unpaired) electrons. The lowest BCUT2D eigenvalue weighted by molar-refractivity contribution is -0.141. The lowest BCUT2D eigenvalue weighted by Gasteiger charge is -2.36. The quantitative estimate of drug-likeness (QED) is 0.426. The van der Waals surface area contributed by atoms with Crippen molar-refractivity contribution in [2.45, 2.75) is 25.6 Å². The number of nitrogens with zero attached hydrogens (tertiary/aromatic N) is 5. The van der Waals surface area contributed by atoms with Crippen molar-refractivity contribution in [1.82, 2.24) is 19.7 Å². The smallest absolute Gasteiger partial charge is 0.317 e. The molecule has 0 aliphatic carbocycles. The zero-order valence-electron chi connectivity index (χ0n) is 19.7. The molecule has 192 valence electrons. The standard InChI is InChI=1S/C24H29N5O7/c30-22(31)14-27-8-9-29(16-24(34)35)21(10-17-4-6-18(26-36)7-5-17)13-28(15-23(32)33)12-20-3-1-2-19(11-27)25-20/h1-7,21H,8-16H2,(H,30,31)(H,32,33)(H,34,35). The third-order valence-corrected chi connectivity index (χ3v) is 5.89. The number of fused-ring (bicyclic) bond motifs is 2. The molecule has 36 heavy (non-hydrogen) atoms. The molecule has 0 amide bonds. The first-order chi connectivity index (χ1) is 17.2. The number of pyridine rings is 1. The average Bonchev–Trinajstić information content (AvgIpc) is 2.80. The summed E-state index contributed by atoms with van der Waals surface area (Å²) < 4.78 is 0. The van der Waals surface area contributed by atoms with Crippen LogP contribution < -0.4 is 0 Å². The first kappa shape index (κ1) is 26.9. The molecular weight excluding hydrogens is 470 g/mol. The normalized spacial score (nSPS) is 18.1. The Labute approximate surface area is 207 Å². The van der Waals surface area contributed by atoms with E-state index in [1.54, 1.807) is 57.2 Å². The number of nitroso groups, excluding NO2 is 1. The van der Waals surface area contributed by atoms with Gasteiger partial charge < -0.3 is 15.3 Å². The maximum atomic E-state index is 11.8. The fraction of sp³-hybridized carbons (Fsp3) is 0.417. The number of carboxylic acid groups (broad SMARTS) is 3. The maximum Gasteiger partial charge on any atom is 0.317 e. The molecule has 1 atom stereocenters. The Hall–Kier alpha value is -3.74. The number of aromatic nitrogens is 1. The Morgan fingerprint density at radius 3 is 2.00 bits per heavy atom. The molecule has 3 N–H and O–H groups in total. The molecule has 1 aromatic carbocycles. The molecule has 0 fully saturated rings. The zero-order chi connectivity index (χ0) is 26.1. The summed E-state index contributed by atoms with van der Waals surface area (Å²) in [6.45, 7) is 0.441. The second-order valence-electron chi connectivity index (χ2n) is 8.77. The van der Waals surface area contributed by atoms with Gasteiger partial charge in [0.1, 0.15) is 5.69 Å². The third kappa shape index (κ3) is 8.48. The summed E-state index contributed by atoms with van der Waals surface area (Å²) in [5.74, 6) is -3.07. The molecule has 12 nitrogen and oxygen atoms in total. The minimum atomic E-state index is -1.05. The highest BCUT2D eigenvalue weighted by Crippen LogP contribution is 2.18. The summed E-state index contributed by atoms with van der Waals surface area (Å²) in [6.07, 6.45) is 0.384. The van der Waals surface area contributed by atoms with E-state index < -0.39 is 23.9 Å². The van der Waals surface area contributed by atoms with Gasteiger partial charge in [0.15, 0.2) is 0 Å². The number of rotatable bonds is 9. The highest BCUT2D eigenvalue weighted by Gasteiger charge is 2.27. The molecule has 0 spiro atoms. The second-order valence-corrected chi connectivity index (χ2v) is 8.77. The molecule has 1 aromatic heterocycles. The van der Waals surface area contributed by atoms with Crippen LogP contribution in [0.1, 0.15) is 17.0 Å². The van der Waals surface area contributed by atoms with Crippen molar-refractivity contribution in [3.8, 4) is 0 Å². The van der Waals surface area contributed by atoms with E-state index >= 15 is 0 Å². The van der Waals surface area contributed by atoms with Gasteiger partial charge in [0.05, 0.1) is 31.0 Å². The number of aliphatic carboxylic acids is 3. The summed E-state index contributed by atoms with van der Waals surface area (Å²) in [7, 11) is 0. The van der Waals surface area contributed by atoms with Crippen molar-refractivity contribution in [2.75, 3.05) is 39.3 Å². The van der Waals surface area contributed by atoms with Gasteiger partial charge in [0.2, 0.25) is 0 Å². The van der Waals surface area contributed by atoms with Gasteiger partial charge in [-0.05, 0) is 41.4 Å². The van der Waals surface area contributed by atoms with Crippen molar-refractivity contribution in [3.05, 3.63) is 64.3 Å². The van der Waals surface area contributed by atoms with Crippen LogP contribution in [0.5, 0.6) is 0 Å². The predicted molar refractivity (Wildman–Crippen MR) is 129 cm³/mol. The number of hydrogen-bond donors (Lipinski definition) is 3. The Balaban J connectivity index is 1.99. The van der Waals surface area contributed by atoms with Gasteiger partial charge in [0.25, 0.3) is 0 Å². The lowest BCUT2D eigenvalue weighted by Crippen LogP contribution is -2.50. The Bertz CT molecular complexity index is 1080. The van der Waals surface area contributed by atoms with Crippen molar-refractivity contribution in [3.63, 3.8) is 0 Å². The largest absolute Gasteiger partial charge is 0.480 e. The van der Waals surface area contributed by atoms with Crippen LogP contribution in [0.4, 0.5) is 5.69 Å². The monoisotopic (exact) mass is 499 g/mol. The molecule has 2 heterocycles. The number of carbonyl (C=O) groups is 3. The average molecular weight is 500 g/mol. The molecule has 2 bridgehead atoms. The molecular formula is C24H29N5O7. The van der Waals surface area contributed by atoms with E-state index in [0.29, 0.717) is 17.8 Å². The van der Waals surface area contributed by atoms with E-state index in [-0.39, 0.29) is 58.0 Å². The Kier molecular flexibility index (Phi) is 9.56. The minimum absolute atomic E-state index is 0.227. The Morgan fingerprint density at radius 2 is 1.42 bits per heavy atom. The summed E-state index contributed by atoms with van der Waals surface area (Å²) in [5.41, 5.74) is 2.37. The van der Waals surface area contributed by atoms with E-state index in [0.717, 1.165) is 5.56 Å². The van der Waals surface area contributed by atoms with Gasteiger partial charge in [-0.15, -0.1) is 4.91 Å². The summed E-state index contributed by atoms with van der Waals surface area (Å²) >= 11 is 0. The summed E-state index contributed by atoms with van der Waals surface area (Å²) in [4.78, 5) is 55.4. The minimum Gasteiger partial charge on any atom is -0.480 e. The maximum absolute atomic E-state index is 11.8. The van der Waals surface area contributed by atoms with Gasteiger partial charge in [-0.2, -0.15) is 0 Å². The van der Waals surface area contributed by atoms with Crippen LogP contribution in [0.15, 0.2) is 47.6 Å². The van der Waals surface area contributed by atoms with Crippen molar-refractivity contribution in [2.24, 2.45) is 5.18 Å². The molecule has 1 aliphatic rings. The van der Waals surface area contributed by atoms with Gasteiger partial charge >= 0.3 is 17.9 Å². The molecule has 1 unspecified atom stereocenters. The second kappa shape index (κ2) is 12.8. The van der Waals surface area contributed by atoms with Crippen LogP contribution in [0, 0.1) is 4.91 Å². The molecule has 12 heteroatoms. The highest BCUT2D eigenvalue weighted by atomic mass is 16.4. The molecule has 0 saturated heterocycles. The van der Waals surface area contributed by atoms with Crippen molar-refractivity contribution < 1.29 is 29.7 Å². The molecule has 0 saturated carbocycles. The summed E-state index contributed by atoms with van der Waals surface area (Å²) in [6, 6.07) is 11.5. The fourth-order valence-electron chi connectivity index (χ4n) is 4.35. The van der Waals surface area contributed by atoms with Crippen LogP contribution in [0.25, 0.3) is 0 Å². The van der Waals surface area contributed by atoms with Gasteiger partial charge in [-0.25, -0.2) is 0 Å². The van der Waals surface area contributed by atoms with Crippen LogP contribution in [-0.2, 0) is 33.9 Å². The number of benzene rings is 1. The first-order valence-corrected chi connectivity index (χ1v) is 11.4. The molecule has 2 aromatic rings. The topological polar surface area (TPSA) is 164 Å². The Morgan fingerprint density at radius 1 is 0.833 bits per heavy atom. The van der Waals surface area contributed by atoms with Gasteiger partial charge in [-0.3, -0.25) is 34.1 Å². The van der Waals surface area contributed by atoms with Gasteiger partial charge in [-0.1, -0.05) is 18.2 Å². The van der Waals surface area contributed by atoms with E-state index in [2.05, 4.69) is 10.2 Å². The van der Waals surface area contributed by atoms with Crippen molar-refractivity contribution in [1.29, 1.82) is 0 Å². The first-order valence-electron chi connectivity index (χ1n) is 11.4. The van der Waals surface area contributed by atoms with Crippen molar-refractivity contribution >= 4 is 23.6 Å². The summed E-state index contributed by atoms with van der Waals surface area (Å²) in [5, 5.41) is 31.4. The van der Waals surface area contributed by atoms with E-state index in [9.17, 15) is 34.6 Å². The molecule has 3 rings (SSSR count). The lowest BCUT2D eigenvalue weighted by atomic mass is 10.0. The van der Waals surface area contributed by atoms with E-state index in [1.807, 2.05) is 0 Å². The number of hydrogen-bond acceptors (Lipinski definition) is 9. The third-order valence-electron chi connectivity index (χ3n) is 5.89. The van der Waals surface area contributed by atoms with E-state index in [4.69, 9.17) is 0 Å². The van der Waals surface area contributed by atoms with Crippen LogP contribution in [0.3, 0.4) is 0 Å². The van der Waals surface area contributed by atoms with E-state index in [1.165, 1.54) is 0 Å².